The van der Waals surface area contributed by atoms with Crippen LogP contribution in [0.4, 0.5) is 6.01 Å². The first-order chi connectivity index (χ1) is 7.31. The van der Waals surface area contributed by atoms with Crippen LogP contribution in [0.15, 0.2) is 16.9 Å². The van der Waals surface area contributed by atoms with E-state index in [1.807, 2.05) is 13.2 Å². The Morgan fingerprint density at radius 1 is 1.53 bits per heavy atom. The maximum atomic E-state index is 5.07. The second-order valence-corrected chi connectivity index (χ2v) is 3.74. The van der Waals surface area contributed by atoms with E-state index in [9.17, 15) is 0 Å². The topological polar surface area (TPSA) is 68.8 Å². The third-order valence-corrected chi connectivity index (χ3v) is 2.29. The van der Waals surface area contributed by atoms with Gasteiger partial charge in [0.25, 0.3) is 0 Å². The molecule has 0 saturated heterocycles. The van der Waals surface area contributed by atoms with Crippen LogP contribution in [-0.2, 0) is 7.05 Å². The lowest BCUT2D eigenvalue weighted by Crippen LogP contribution is -2.00. The second kappa shape index (κ2) is 3.08. The first-order valence-electron chi connectivity index (χ1n) is 4.90. The van der Waals surface area contributed by atoms with E-state index in [0.717, 1.165) is 5.56 Å². The number of hydrogen-bond donors (Lipinski definition) is 1. The standard InChI is InChI=1S/C9H11N5O/c1-14-5-6(4-10-14)8-12-9(15-13-8)11-7-2-3-7/h4-5,7H,2-3H2,1H3,(H,11,12,13). The second-order valence-electron chi connectivity index (χ2n) is 3.74. The summed E-state index contributed by atoms with van der Waals surface area (Å²) < 4.78 is 6.78. The molecule has 1 saturated carbocycles. The van der Waals surface area contributed by atoms with Crippen molar-refractivity contribution in [2.45, 2.75) is 18.9 Å². The average molecular weight is 205 g/mol. The minimum Gasteiger partial charge on any atom is -0.335 e. The number of nitrogens with zero attached hydrogens (tertiary/aromatic N) is 4. The highest BCUT2D eigenvalue weighted by molar-refractivity contribution is 5.52. The molecule has 0 spiro atoms. The van der Waals surface area contributed by atoms with Gasteiger partial charge in [-0.05, 0) is 12.8 Å². The number of aryl methyl sites for hydroxylation is 1. The normalized spacial score (nSPS) is 15.5. The lowest BCUT2D eigenvalue weighted by Gasteiger charge is -1.92. The fourth-order valence-corrected chi connectivity index (χ4v) is 1.34. The number of rotatable bonds is 3. The van der Waals surface area contributed by atoms with Crippen molar-refractivity contribution >= 4 is 6.01 Å². The number of anilines is 1. The minimum atomic E-state index is 0.497. The Kier molecular flexibility index (Phi) is 1.74. The Balaban J connectivity index is 1.82. The van der Waals surface area contributed by atoms with E-state index in [1.165, 1.54) is 12.8 Å². The predicted molar refractivity (Wildman–Crippen MR) is 53.1 cm³/mol. The highest BCUT2D eigenvalue weighted by Gasteiger charge is 2.23. The zero-order chi connectivity index (χ0) is 10.3. The largest absolute Gasteiger partial charge is 0.335 e. The van der Waals surface area contributed by atoms with Crippen molar-refractivity contribution in [3.63, 3.8) is 0 Å². The van der Waals surface area contributed by atoms with Gasteiger partial charge in [-0.15, -0.1) is 0 Å². The summed E-state index contributed by atoms with van der Waals surface area (Å²) in [6.45, 7) is 0. The van der Waals surface area contributed by atoms with E-state index in [0.29, 0.717) is 17.9 Å². The van der Waals surface area contributed by atoms with Crippen molar-refractivity contribution in [3.05, 3.63) is 12.4 Å². The summed E-state index contributed by atoms with van der Waals surface area (Å²) in [6.07, 6.45) is 5.94. The van der Waals surface area contributed by atoms with Crippen LogP contribution in [0.1, 0.15) is 12.8 Å². The van der Waals surface area contributed by atoms with Gasteiger partial charge in [0, 0.05) is 19.3 Å². The molecule has 2 aromatic heterocycles. The molecule has 1 aliphatic carbocycles. The van der Waals surface area contributed by atoms with Crippen molar-refractivity contribution in [3.8, 4) is 11.4 Å². The molecule has 15 heavy (non-hydrogen) atoms. The van der Waals surface area contributed by atoms with Crippen LogP contribution in [0.5, 0.6) is 0 Å². The smallest absolute Gasteiger partial charge is 0.322 e. The summed E-state index contributed by atoms with van der Waals surface area (Å²) in [5, 5.41) is 11.1. The van der Waals surface area contributed by atoms with Crippen molar-refractivity contribution < 1.29 is 4.52 Å². The zero-order valence-corrected chi connectivity index (χ0v) is 8.34. The van der Waals surface area contributed by atoms with Crippen LogP contribution >= 0.6 is 0 Å². The number of nitrogens with one attached hydrogen (secondary N) is 1. The molecule has 3 rings (SSSR count). The van der Waals surface area contributed by atoms with Crippen LogP contribution in [-0.4, -0.2) is 26.0 Å². The molecule has 0 atom stereocenters. The molecule has 0 bridgehead atoms. The van der Waals surface area contributed by atoms with Crippen LogP contribution in [0.25, 0.3) is 11.4 Å². The van der Waals surface area contributed by atoms with Gasteiger partial charge in [-0.1, -0.05) is 5.16 Å². The molecule has 0 amide bonds. The quantitative estimate of drug-likeness (QED) is 0.810. The lowest BCUT2D eigenvalue weighted by molar-refractivity contribution is 0.432. The summed E-state index contributed by atoms with van der Waals surface area (Å²) in [6, 6.07) is 1.02. The molecule has 0 radical (unpaired) electrons. The van der Waals surface area contributed by atoms with E-state index in [2.05, 4.69) is 20.6 Å². The van der Waals surface area contributed by atoms with Crippen molar-refractivity contribution in [2.24, 2.45) is 7.05 Å². The van der Waals surface area contributed by atoms with Crippen molar-refractivity contribution in [1.29, 1.82) is 0 Å². The minimum absolute atomic E-state index is 0.497. The van der Waals surface area contributed by atoms with Gasteiger partial charge in [0.1, 0.15) is 0 Å². The van der Waals surface area contributed by atoms with Crippen molar-refractivity contribution in [2.75, 3.05) is 5.32 Å². The molecule has 1 aliphatic rings. The summed E-state index contributed by atoms with van der Waals surface area (Å²) in [5.41, 5.74) is 0.866. The van der Waals surface area contributed by atoms with Gasteiger partial charge in [0.2, 0.25) is 5.82 Å². The van der Waals surface area contributed by atoms with Gasteiger partial charge in [0.05, 0.1) is 11.8 Å². The molecule has 78 valence electrons. The first kappa shape index (κ1) is 8.46. The molecule has 1 N–H and O–H groups in total. The molecule has 2 aromatic rings. The molecule has 0 unspecified atom stereocenters. The summed E-state index contributed by atoms with van der Waals surface area (Å²) in [4.78, 5) is 4.23. The molecule has 0 aliphatic heterocycles. The van der Waals surface area contributed by atoms with Gasteiger partial charge in [-0.25, -0.2) is 0 Å². The van der Waals surface area contributed by atoms with E-state index in [1.54, 1.807) is 10.9 Å². The highest BCUT2D eigenvalue weighted by atomic mass is 16.5. The molecular weight excluding hydrogens is 194 g/mol. The third-order valence-electron chi connectivity index (χ3n) is 2.29. The third kappa shape index (κ3) is 1.70. The van der Waals surface area contributed by atoms with E-state index in [4.69, 9.17) is 4.52 Å². The van der Waals surface area contributed by atoms with E-state index >= 15 is 0 Å². The van der Waals surface area contributed by atoms with Gasteiger partial charge in [0.15, 0.2) is 0 Å². The fraction of sp³-hybridized carbons (Fsp3) is 0.444. The van der Waals surface area contributed by atoms with Gasteiger partial charge >= 0.3 is 6.01 Å². The molecule has 0 aromatic carbocycles. The van der Waals surface area contributed by atoms with E-state index in [-0.39, 0.29) is 0 Å². The Hall–Kier alpha value is -1.85. The van der Waals surface area contributed by atoms with Crippen LogP contribution < -0.4 is 5.32 Å². The molecule has 2 heterocycles. The summed E-state index contributed by atoms with van der Waals surface area (Å²) >= 11 is 0. The number of aromatic nitrogens is 4. The highest BCUT2D eigenvalue weighted by Crippen LogP contribution is 2.24. The summed E-state index contributed by atoms with van der Waals surface area (Å²) in [7, 11) is 1.85. The van der Waals surface area contributed by atoms with Crippen LogP contribution in [0, 0.1) is 0 Å². The lowest BCUT2D eigenvalue weighted by atomic mass is 10.3. The maximum absolute atomic E-state index is 5.07. The Morgan fingerprint density at radius 3 is 3.07 bits per heavy atom. The Morgan fingerprint density at radius 2 is 2.40 bits per heavy atom. The fourth-order valence-electron chi connectivity index (χ4n) is 1.34. The predicted octanol–water partition coefficient (Wildman–Crippen LogP) is 1.04. The number of hydrogen-bond acceptors (Lipinski definition) is 5. The monoisotopic (exact) mass is 205 g/mol. The zero-order valence-electron chi connectivity index (χ0n) is 8.34. The van der Waals surface area contributed by atoms with Crippen molar-refractivity contribution in [1.82, 2.24) is 19.9 Å². The molecular formula is C9H11N5O. The molecule has 1 fully saturated rings. The van der Waals surface area contributed by atoms with Gasteiger partial charge in [-0.3, -0.25) is 4.68 Å². The maximum Gasteiger partial charge on any atom is 0.322 e. The average Bonchev–Trinajstić information content (AvgIpc) is 2.74. The Bertz CT molecular complexity index is 470. The molecule has 6 nitrogen and oxygen atoms in total. The van der Waals surface area contributed by atoms with Gasteiger partial charge in [-0.2, -0.15) is 10.1 Å². The Labute approximate surface area is 86.3 Å². The molecule has 6 heteroatoms. The summed E-state index contributed by atoms with van der Waals surface area (Å²) in [5.74, 6) is 0.575. The van der Waals surface area contributed by atoms with Gasteiger partial charge < -0.3 is 9.84 Å². The van der Waals surface area contributed by atoms with Crippen LogP contribution in [0.2, 0.25) is 0 Å². The first-order valence-corrected chi connectivity index (χ1v) is 4.90. The van der Waals surface area contributed by atoms with E-state index < -0.39 is 0 Å². The van der Waals surface area contributed by atoms with Crippen LogP contribution in [0.3, 0.4) is 0 Å². The SMILES string of the molecule is Cn1cc(-c2noc(NC3CC3)n2)cn1.